The molecular weight excluding hydrogens is 242 g/mol. The van der Waals surface area contributed by atoms with Crippen LogP contribution in [0.25, 0.3) is 6.08 Å². The molecule has 0 aromatic heterocycles. The normalized spacial score (nSPS) is 26.1. The summed E-state index contributed by atoms with van der Waals surface area (Å²) in [5.41, 5.74) is 0.936. The number of rotatable bonds is 2. The Hall–Kier alpha value is -1.94. The third-order valence-electron chi connectivity index (χ3n) is 3.49. The maximum Gasteiger partial charge on any atom is 0.260 e. The summed E-state index contributed by atoms with van der Waals surface area (Å²) in [6.45, 7) is 0. The van der Waals surface area contributed by atoms with Crippen LogP contribution in [0.5, 0.6) is 0 Å². The second-order valence-electron chi connectivity index (χ2n) is 4.80. The first-order chi connectivity index (χ1) is 9.25. The SMILES string of the molecule is O=C(C=Cc1ccccc1)N1C(=O)C2CCCC1O2. The Labute approximate surface area is 111 Å². The van der Waals surface area contributed by atoms with Gasteiger partial charge >= 0.3 is 0 Å². The first-order valence-corrected chi connectivity index (χ1v) is 6.51. The lowest BCUT2D eigenvalue weighted by Crippen LogP contribution is -2.37. The van der Waals surface area contributed by atoms with Crippen LogP contribution in [0.1, 0.15) is 24.8 Å². The highest BCUT2D eigenvalue weighted by Crippen LogP contribution is 2.30. The fraction of sp³-hybridized carbons (Fsp3) is 0.333. The minimum Gasteiger partial charge on any atom is -0.345 e. The van der Waals surface area contributed by atoms with Crippen molar-refractivity contribution in [3.8, 4) is 0 Å². The predicted molar refractivity (Wildman–Crippen MR) is 69.8 cm³/mol. The van der Waals surface area contributed by atoms with Crippen molar-refractivity contribution in [1.29, 1.82) is 0 Å². The molecule has 2 fully saturated rings. The molecule has 1 aromatic rings. The molecule has 2 unspecified atom stereocenters. The smallest absolute Gasteiger partial charge is 0.260 e. The Morgan fingerprint density at radius 3 is 2.79 bits per heavy atom. The van der Waals surface area contributed by atoms with Gasteiger partial charge in [0.05, 0.1) is 0 Å². The maximum atomic E-state index is 12.1. The zero-order chi connectivity index (χ0) is 13.2. The van der Waals surface area contributed by atoms with Gasteiger partial charge in [-0.25, -0.2) is 4.90 Å². The monoisotopic (exact) mass is 257 g/mol. The zero-order valence-electron chi connectivity index (χ0n) is 10.5. The van der Waals surface area contributed by atoms with E-state index in [0.29, 0.717) is 0 Å². The molecule has 1 aromatic carbocycles. The second-order valence-corrected chi connectivity index (χ2v) is 4.80. The van der Waals surface area contributed by atoms with Gasteiger partial charge in [-0.05, 0) is 30.9 Å². The average molecular weight is 257 g/mol. The summed E-state index contributed by atoms with van der Waals surface area (Å²) in [4.78, 5) is 25.4. The number of carbonyl (C=O) groups is 2. The van der Waals surface area contributed by atoms with Gasteiger partial charge in [-0.2, -0.15) is 0 Å². The molecule has 0 radical (unpaired) electrons. The summed E-state index contributed by atoms with van der Waals surface area (Å²) in [5, 5.41) is 0. The lowest BCUT2D eigenvalue weighted by atomic mass is 10.1. The van der Waals surface area contributed by atoms with Crippen molar-refractivity contribution in [3.63, 3.8) is 0 Å². The topological polar surface area (TPSA) is 46.6 Å². The molecule has 2 saturated heterocycles. The van der Waals surface area contributed by atoms with E-state index in [1.54, 1.807) is 6.08 Å². The van der Waals surface area contributed by atoms with Crippen molar-refractivity contribution in [1.82, 2.24) is 4.90 Å². The molecule has 2 aliphatic heterocycles. The Balaban J connectivity index is 1.74. The molecule has 3 rings (SSSR count). The summed E-state index contributed by atoms with van der Waals surface area (Å²) in [6.07, 6.45) is 4.80. The number of ether oxygens (including phenoxy) is 1. The van der Waals surface area contributed by atoms with Crippen LogP contribution >= 0.6 is 0 Å². The van der Waals surface area contributed by atoms with Crippen LogP contribution in [-0.2, 0) is 14.3 Å². The number of carbonyl (C=O) groups excluding carboxylic acids is 2. The third-order valence-corrected chi connectivity index (χ3v) is 3.49. The van der Waals surface area contributed by atoms with Crippen molar-refractivity contribution in [3.05, 3.63) is 42.0 Å². The van der Waals surface area contributed by atoms with Crippen molar-refractivity contribution < 1.29 is 14.3 Å². The number of nitrogens with zero attached hydrogens (tertiary/aromatic N) is 1. The van der Waals surface area contributed by atoms with Crippen molar-refractivity contribution in [2.75, 3.05) is 0 Å². The van der Waals surface area contributed by atoms with Crippen LogP contribution in [0.15, 0.2) is 36.4 Å². The molecule has 0 N–H and O–H groups in total. The number of fused-ring (bicyclic) bond motifs is 2. The molecule has 2 atom stereocenters. The van der Waals surface area contributed by atoms with E-state index in [4.69, 9.17) is 4.74 Å². The highest BCUT2D eigenvalue weighted by atomic mass is 16.5. The molecule has 2 heterocycles. The molecule has 2 bridgehead atoms. The predicted octanol–water partition coefficient (Wildman–Crippen LogP) is 1.96. The fourth-order valence-electron chi connectivity index (χ4n) is 2.53. The Morgan fingerprint density at radius 2 is 2.05 bits per heavy atom. The summed E-state index contributed by atoms with van der Waals surface area (Å²) < 4.78 is 5.52. The third kappa shape index (κ3) is 2.31. The van der Waals surface area contributed by atoms with Crippen molar-refractivity contribution in [2.24, 2.45) is 0 Å². The summed E-state index contributed by atoms with van der Waals surface area (Å²) >= 11 is 0. The molecule has 4 nitrogen and oxygen atoms in total. The number of likely N-dealkylation sites (tertiary alicyclic amines) is 1. The molecule has 2 aliphatic rings. The van der Waals surface area contributed by atoms with E-state index in [2.05, 4.69) is 0 Å². The number of hydrogen-bond donors (Lipinski definition) is 0. The van der Waals surface area contributed by atoms with Crippen molar-refractivity contribution >= 4 is 17.9 Å². The molecule has 98 valence electrons. The zero-order valence-corrected chi connectivity index (χ0v) is 10.5. The molecule has 2 amide bonds. The lowest BCUT2D eigenvalue weighted by Gasteiger charge is -2.20. The van der Waals surface area contributed by atoms with E-state index in [1.165, 1.54) is 11.0 Å². The fourth-order valence-corrected chi connectivity index (χ4v) is 2.53. The van der Waals surface area contributed by atoms with Crippen LogP contribution < -0.4 is 0 Å². The standard InChI is InChI=1S/C15H15NO3/c17-13(10-9-11-5-2-1-3-6-11)16-14-8-4-7-12(19-14)15(16)18/h1-3,5-6,9-10,12,14H,4,7-8H2. The first-order valence-electron chi connectivity index (χ1n) is 6.51. The number of hydrogen-bond acceptors (Lipinski definition) is 3. The number of benzene rings is 1. The van der Waals surface area contributed by atoms with Crippen LogP contribution in [0.3, 0.4) is 0 Å². The Kier molecular flexibility index (Phi) is 3.17. The van der Waals surface area contributed by atoms with Gasteiger partial charge in [0.2, 0.25) is 0 Å². The van der Waals surface area contributed by atoms with Gasteiger partial charge in [0, 0.05) is 6.08 Å². The van der Waals surface area contributed by atoms with E-state index >= 15 is 0 Å². The summed E-state index contributed by atoms with van der Waals surface area (Å²) in [7, 11) is 0. The molecule has 0 saturated carbocycles. The van der Waals surface area contributed by atoms with Crippen LogP contribution in [0, 0.1) is 0 Å². The van der Waals surface area contributed by atoms with Gasteiger partial charge in [-0.1, -0.05) is 30.3 Å². The number of amides is 2. The molecule has 0 spiro atoms. The second kappa shape index (κ2) is 4.97. The van der Waals surface area contributed by atoms with Crippen molar-refractivity contribution in [2.45, 2.75) is 31.6 Å². The van der Waals surface area contributed by atoms with E-state index in [1.807, 2.05) is 30.3 Å². The quantitative estimate of drug-likeness (QED) is 0.761. The van der Waals surface area contributed by atoms with E-state index in [9.17, 15) is 9.59 Å². The molecule has 0 aliphatic carbocycles. The molecule has 4 heteroatoms. The molecular formula is C15H15NO3. The minimum atomic E-state index is -0.409. The molecule has 19 heavy (non-hydrogen) atoms. The largest absolute Gasteiger partial charge is 0.345 e. The Morgan fingerprint density at radius 1 is 1.26 bits per heavy atom. The van der Waals surface area contributed by atoms with Crippen LogP contribution in [0.2, 0.25) is 0 Å². The van der Waals surface area contributed by atoms with Gasteiger partial charge in [-0.3, -0.25) is 9.59 Å². The number of imide groups is 1. The Bertz CT molecular complexity index is 523. The average Bonchev–Trinajstić information content (AvgIpc) is 2.67. The highest BCUT2D eigenvalue weighted by Gasteiger charge is 2.45. The van der Waals surface area contributed by atoms with E-state index < -0.39 is 6.10 Å². The van der Waals surface area contributed by atoms with E-state index in [0.717, 1.165) is 24.8 Å². The van der Waals surface area contributed by atoms with Gasteiger partial charge < -0.3 is 4.74 Å². The summed E-state index contributed by atoms with van der Waals surface area (Å²) in [6, 6.07) is 9.54. The van der Waals surface area contributed by atoms with Gasteiger partial charge in [0.1, 0.15) is 12.3 Å². The van der Waals surface area contributed by atoms with Crippen LogP contribution in [-0.4, -0.2) is 29.0 Å². The van der Waals surface area contributed by atoms with Gasteiger partial charge in [-0.15, -0.1) is 0 Å². The minimum absolute atomic E-state index is 0.190. The highest BCUT2D eigenvalue weighted by molar-refractivity contribution is 6.05. The maximum absolute atomic E-state index is 12.1. The summed E-state index contributed by atoms with van der Waals surface area (Å²) in [5.74, 6) is -0.478. The van der Waals surface area contributed by atoms with Gasteiger partial charge in [0.25, 0.3) is 11.8 Å². The first kappa shape index (κ1) is 12.1. The van der Waals surface area contributed by atoms with Crippen LogP contribution in [0.4, 0.5) is 0 Å². The van der Waals surface area contributed by atoms with Gasteiger partial charge in [0.15, 0.2) is 0 Å². The van der Waals surface area contributed by atoms with E-state index in [-0.39, 0.29) is 18.0 Å². The lowest BCUT2D eigenvalue weighted by molar-refractivity contribution is -0.141.